The second kappa shape index (κ2) is 15.5. The van der Waals surface area contributed by atoms with Crippen LogP contribution in [0.15, 0.2) is 0 Å². The minimum atomic E-state index is 0.390. The van der Waals surface area contributed by atoms with Crippen molar-refractivity contribution in [3.05, 3.63) is 0 Å². The second-order valence-electron chi connectivity index (χ2n) is 8.09. The summed E-state index contributed by atoms with van der Waals surface area (Å²) in [4.78, 5) is 2.80. The molecule has 0 saturated heterocycles. The van der Waals surface area contributed by atoms with Crippen molar-refractivity contribution in [3.8, 4) is 0 Å². The third-order valence-electron chi connectivity index (χ3n) is 5.28. The molecular formula is C22H47N. The van der Waals surface area contributed by atoms with Gasteiger partial charge in [0.25, 0.3) is 0 Å². The van der Waals surface area contributed by atoms with Crippen LogP contribution in [0.25, 0.3) is 0 Å². The van der Waals surface area contributed by atoms with Crippen LogP contribution in [-0.2, 0) is 0 Å². The van der Waals surface area contributed by atoms with E-state index in [1.165, 1.54) is 103 Å². The van der Waals surface area contributed by atoms with Crippen LogP contribution in [0.2, 0.25) is 0 Å². The van der Waals surface area contributed by atoms with E-state index in [0.29, 0.717) is 5.54 Å². The van der Waals surface area contributed by atoms with Crippen LogP contribution in [0, 0.1) is 0 Å². The van der Waals surface area contributed by atoms with Gasteiger partial charge in [0.1, 0.15) is 0 Å². The van der Waals surface area contributed by atoms with Gasteiger partial charge in [-0.3, -0.25) is 4.90 Å². The molecule has 0 amide bonds. The van der Waals surface area contributed by atoms with Gasteiger partial charge < -0.3 is 0 Å². The van der Waals surface area contributed by atoms with Crippen molar-refractivity contribution in [2.24, 2.45) is 0 Å². The fourth-order valence-electron chi connectivity index (χ4n) is 3.65. The molecule has 0 bridgehead atoms. The van der Waals surface area contributed by atoms with Gasteiger partial charge in [-0.1, -0.05) is 91.4 Å². The first-order valence-corrected chi connectivity index (χ1v) is 10.8. The highest BCUT2D eigenvalue weighted by Gasteiger charge is 2.24. The lowest BCUT2D eigenvalue weighted by Gasteiger charge is -2.39. The van der Waals surface area contributed by atoms with E-state index in [4.69, 9.17) is 0 Å². The molecule has 0 N–H and O–H groups in total. The molecule has 23 heavy (non-hydrogen) atoms. The minimum absolute atomic E-state index is 0.390. The normalized spacial score (nSPS) is 12.3. The molecule has 0 fully saturated rings. The average molecular weight is 326 g/mol. The van der Waals surface area contributed by atoms with E-state index in [2.05, 4.69) is 39.5 Å². The Labute approximate surface area is 148 Å². The lowest BCUT2D eigenvalue weighted by atomic mass is 9.95. The Morgan fingerprint density at radius 1 is 0.522 bits per heavy atom. The molecular weight excluding hydrogens is 278 g/mol. The van der Waals surface area contributed by atoms with E-state index in [1.807, 2.05) is 0 Å². The standard InChI is InChI=1S/C22H47N/c1-6-9-11-13-15-17-20-23(22(4,5)19-8-3)21-18-16-14-12-10-7-2/h6-21H2,1-5H3. The fraction of sp³-hybridized carbons (Fsp3) is 1.00. The summed E-state index contributed by atoms with van der Waals surface area (Å²) in [6, 6.07) is 0. The third kappa shape index (κ3) is 13.0. The molecule has 0 radical (unpaired) electrons. The predicted molar refractivity (Wildman–Crippen MR) is 107 cm³/mol. The van der Waals surface area contributed by atoms with Crippen LogP contribution in [0.1, 0.15) is 125 Å². The summed E-state index contributed by atoms with van der Waals surface area (Å²) >= 11 is 0. The summed E-state index contributed by atoms with van der Waals surface area (Å²) in [5.74, 6) is 0. The Hall–Kier alpha value is -0.0400. The van der Waals surface area contributed by atoms with Gasteiger partial charge >= 0.3 is 0 Å². The van der Waals surface area contributed by atoms with Gasteiger partial charge in [0.2, 0.25) is 0 Å². The van der Waals surface area contributed by atoms with E-state index in [0.717, 1.165) is 0 Å². The number of nitrogens with zero attached hydrogens (tertiary/aromatic N) is 1. The topological polar surface area (TPSA) is 3.24 Å². The van der Waals surface area contributed by atoms with E-state index in [1.54, 1.807) is 0 Å². The van der Waals surface area contributed by atoms with Crippen molar-refractivity contribution >= 4 is 0 Å². The minimum Gasteiger partial charge on any atom is -0.298 e. The lowest BCUT2D eigenvalue weighted by molar-refractivity contribution is 0.105. The Bertz CT molecular complexity index is 218. The van der Waals surface area contributed by atoms with Gasteiger partial charge in [0.05, 0.1) is 0 Å². The highest BCUT2D eigenvalue weighted by atomic mass is 15.2. The average Bonchev–Trinajstić information content (AvgIpc) is 2.51. The molecule has 140 valence electrons. The Morgan fingerprint density at radius 3 is 1.30 bits per heavy atom. The summed E-state index contributed by atoms with van der Waals surface area (Å²) in [5, 5.41) is 0. The molecule has 0 aromatic rings. The summed E-state index contributed by atoms with van der Waals surface area (Å²) < 4.78 is 0. The zero-order valence-corrected chi connectivity index (χ0v) is 17.3. The predicted octanol–water partition coefficient (Wildman–Crippen LogP) is 7.59. The molecule has 1 nitrogen and oxygen atoms in total. The van der Waals surface area contributed by atoms with Crippen molar-refractivity contribution in [2.45, 2.75) is 130 Å². The Kier molecular flexibility index (Phi) is 15.5. The Balaban J connectivity index is 4.04. The molecule has 1 heteroatoms. The van der Waals surface area contributed by atoms with Gasteiger partial charge in [-0.05, 0) is 46.2 Å². The summed E-state index contributed by atoms with van der Waals surface area (Å²) in [7, 11) is 0. The van der Waals surface area contributed by atoms with Gasteiger partial charge in [-0.2, -0.15) is 0 Å². The zero-order valence-electron chi connectivity index (χ0n) is 17.3. The molecule has 0 aliphatic heterocycles. The maximum atomic E-state index is 2.80. The van der Waals surface area contributed by atoms with Crippen LogP contribution in [0.5, 0.6) is 0 Å². The van der Waals surface area contributed by atoms with Crippen molar-refractivity contribution in [3.63, 3.8) is 0 Å². The fourth-order valence-corrected chi connectivity index (χ4v) is 3.65. The summed E-state index contributed by atoms with van der Waals surface area (Å²) in [6.07, 6.45) is 19.6. The van der Waals surface area contributed by atoms with Crippen LogP contribution in [0.3, 0.4) is 0 Å². The number of rotatable bonds is 17. The molecule has 0 spiro atoms. The molecule has 0 saturated carbocycles. The molecule has 0 rings (SSSR count). The Morgan fingerprint density at radius 2 is 0.913 bits per heavy atom. The number of hydrogen-bond acceptors (Lipinski definition) is 1. The molecule has 0 atom stereocenters. The monoisotopic (exact) mass is 325 g/mol. The van der Waals surface area contributed by atoms with Crippen LogP contribution >= 0.6 is 0 Å². The number of unbranched alkanes of at least 4 members (excludes halogenated alkanes) is 10. The molecule has 0 unspecified atom stereocenters. The first-order chi connectivity index (χ1) is 11.1. The smallest absolute Gasteiger partial charge is 0.0153 e. The molecule has 0 aromatic heterocycles. The zero-order chi connectivity index (χ0) is 17.4. The van der Waals surface area contributed by atoms with Crippen LogP contribution in [-0.4, -0.2) is 23.5 Å². The number of hydrogen-bond donors (Lipinski definition) is 0. The highest BCUT2D eigenvalue weighted by molar-refractivity contribution is 4.81. The third-order valence-corrected chi connectivity index (χ3v) is 5.28. The van der Waals surface area contributed by atoms with E-state index < -0.39 is 0 Å². The van der Waals surface area contributed by atoms with Crippen molar-refractivity contribution in [1.29, 1.82) is 0 Å². The van der Waals surface area contributed by atoms with Crippen molar-refractivity contribution in [1.82, 2.24) is 4.90 Å². The summed E-state index contributed by atoms with van der Waals surface area (Å²) in [5.41, 5.74) is 0.390. The van der Waals surface area contributed by atoms with E-state index >= 15 is 0 Å². The van der Waals surface area contributed by atoms with Gasteiger partial charge in [-0.15, -0.1) is 0 Å². The molecule has 0 aromatic carbocycles. The van der Waals surface area contributed by atoms with Gasteiger partial charge in [0, 0.05) is 5.54 Å². The van der Waals surface area contributed by atoms with Gasteiger partial charge in [0.15, 0.2) is 0 Å². The van der Waals surface area contributed by atoms with Crippen molar-refractivity contribution in [2.75, 3.05) is 13.1 Å². The largest absolute Gasteiger partial charge is 0.298 e. The second-order valence-corrected chi connectivity index (χ2v) is 8.09. The highest BCUT2D eigenvalue weighted by Crippen LogP contribution is 2.22. The van der Waals surface area contributed by atoms with E-state index in [9.17, 15) is 0 Å². The first kappa shape index (κ1) is 23.0. The molecule has 0 aliphatic rings. The maximum absolute atomic E-state index is 2.80. The molecule has 0 heterocycles. The van der Waals surface area contributed by atoms with E-state index in [-0.39, 0.29) is 0 Å². The lowest BCUT2D eigenvalue weighted by Crippen LogP contribution is -2.45. The quantitative estimate of drug-likeness (QED) is 0.249. The molecule has 0 aliphatic carbocycles. The van der Waals surface area contributed by atoms with Crippen LogP contribution in [0.4, 0.5) is 0 Å². The van der Waals surface area contributed by atoms with Crippen molar-refractivity contribution < 1.29 is 0 Å². The van der Waals surface area contributed by atoms with Crippen LogP contribution < -0.4 is 0 Å². The SMILES string of the molecule is CCCCCCCCN(CCCCCCCC)C(C)(C)CCC. The summed E-state index contributed by atoms with van der Waals surface area (Å²) in [6.45, 7) is 14.5. The van der Waals surface area contributed by atoms with Gasteiger partial charge in [-0.25, -0.2) is 0 Å². The maximum Gasteiger partial charge on any atom is 0.0153 e. The first-order valence-electron chi connectivity index (χ1n) is 10.8.